The summed E-state index contributed by atoms with van der Waals surface area (Å²) < 4.78 is 7.75. The Labute approximate surface area is 144 Å². The lowest BCUT2D eigenvalue weighted by Gasteiger charge is -2.08. The van der Waals surface area contributed by atoms with Gasteiger partial charge in [-0.1, -0.05) is 53.5 Å². The van der Waals surface area contributed by atoms with E-state index in [0.717, 1.165) is 21.9 Å². The van der Waals surface area contributed by atoms with Crippen LogP contribution in [0.3, 0.4) is 0 Å². The van der Waals surface area contributed by atoms with Gasteiger partial charge < -0.3 is 9.30 Å². The van der Waals surface area contributed by atoms with Gasteiger partial charge in [0.2, 0.25) is 0 Å². The second kappa shape index (κ2) is 7.45. The number of hydrogen-bond acceptors (Lipinski definition) is 3. The molecule has 23 heavy (non-hydrogen) atoms. The standard InChI is InChI=1S/C18H15ClN2OS/c1-2-11-21-16-9-5-4-8-15(16)20-18(21)23-13-12-22-17-10-6-3-7-14(17)19/h1,3-10H,11-13H2. The highest BCUT2D eigenvalue weighted by atomic mass is 35.5. The zero-order valence-corrected chi connectivity index (χ0v) is 14.0. The van der Waals surface area contributed by atoms with Gasteiger partial charge in [0.15, 0.2) is 5.16 Å². The SMILES string of the molecule is C#CCn1c(SCCOc2ccccc2Cl)nc2ccccc21. The normalized spacial score (nSPS) is 10.6. The van der Waals surface area contributed by atoms with Crippen LogP contribution < -0.4 is 4.74 Å². The molecule has 1 aromatic heterocycles. The first-order valence-corrected chi connectivity index (χ1v) is 8.55. The molecule has 0 atom stereocenters. The summed E-state index contributed by atoms with van der Waals surface area (Å²) in [7, 11) is 0. The fraction of sp³-hybridized carbons (Fsp3) is 0.167. The number of para-hydroxylation sites is 3. The molecule has 0 N–H and O–H groups in total. The van der Waals surface area contributed by atoms with Crippen molar-refractivity contribution in [1.29, 1.82) is 0 Å². The molecule has 0 aliphatic heterocycles. The van der Waals surface area contributed by atoms with E-state index in [9.17, 15) is 0 Å². The number of thioether (sulfide) groups is 1. The van der Waals surface area contributed by atoms with E-state index in [0.29, 0.717) is 23.9 Å². The summed E-state index contributed by atoms with van der Waals surface area (Å²) in [5.74, 6) is 4.15. The van der Waals surface area contributed by atoms with Gasteiger partial charge in [0.25, 0.3) is 0 Å². The van der Waals surface area contributed by atoms with Crippen LogP contribution in [0.5, 0.6) is 5.75 Å². The van der Waals surface area contributed by atoms with E-state index in [-0.39, 0.29) is 0 Å². The number of aromatic nitrogens is 2. The lowest BCUT2D eigenvalue weighted by molar-refractivity contribution is 0.344. The number of hydrogen-bond donors (Lipinski definition) is 0. The number of ether oxygens (including phenoxy) is 1. The molecule has 0 saturated carbocycles. The smallest absolute Gasteiger partial charge is 0.170 e. The Morgan fingerprint density at radius 1 is 1.17 bits per heavy atom. The van der Waals surface area contributed by atoms with Gasteiger partial charge in [-0.3, -0.25) is 0 Å². The molecule has 5 heteroatoms. The van der Waals surface area contributed by atoms with Crippen LogP contribution in [0.25, 0.3) is 11.0 Å². The van der Waals surface area contributed by atoms with Crippen LogP contribution in [0.2, 0.25) is 5.02 Å². The molecule has 0 amide bonds. The van der Waals surface area contributed by atoms with Gasteiger partial charge in [0.1, 0.15) is 5.75 Å². The monoisotopic (exact) mass is 342 g/mol. The van der Waals surface area contributed by atoms with E-state index in [1.54, 1.807) is 11.8 Å². The molecule has 0 spiro atoms. The van der Waals surface area contributed by atoms with Crippen LogP contribution in [0.1, 0.15) is 0 Å². The maximum Gasteiger partial charge on any atom is 0.170 e. The van der Waals surface area contributed by atoms with Crippen molar-refractivity contribution in [1.82, 2.24) is 9.55 Å². The van der Waals surface area contributed by atoms with E-state index in [1.807, 2.05) is 48.5 Å². The van der Waals surface area contributed by atoms with E-state index < -0.39 is 0 Å². The van der Waals surface area contributed by atoms with Crippen molar-refractivity contribution in [3.8, 4) is 18.1 Å². The van der Waals surface area contributed by atoms with Crippen molar-refractivity contribution in [2.24, 2.45) is 0 Å². The minimum Gasteiger partial charge on any atom is -0.491 e. The second-order valence-corrected chi connectivity index (χ2v) is 6.27. The Bertz CT molecular complexity index is 854. The molecule has 0 fully saturated rings. The fourth-order valence-corrected chi connectivity index (χ4v) is 3.28. The summed E-state index contributed by atoms with van der Waals surface area (Å²) in [4.78, 5) is 4.64. The number of imidazole rings is 1. The molecule has 0 unspecified atom stereocenters. The molecular formula is C18H15ClN2OS. The largest absolute Gasteiger partial charge is 0.491 e. The van der Waals surface area contributed by atoms with Crippen molar-refractivity contribution in [3.63, 3.8) is 0 Å². The van der Waals surface area contributed by atoms with Gasteiger partial charge in [-0.15, -0.1) is 6.42 Å². The highest BCUT2D eigenvalue weighted by molar-refractivity contribution is 7.99. The summed E-state index contributed by atoms with van der Waals surface area (Å²) in [6.07, 6.45) is 5.48. The average Bonchev–Trinajstić information content (AvgIpc) is 2.91. The number of rotatable bonds is 6. The predicted octanol–water partition coefficient (Wildman–Crippen LogP) is 4.49. The quantitative estimate of drug-likeness (QED) is 0.375. The summed E-state index contributed by atoms with van der Waals surface area (Å²) in [6.45, 7) is 1.06. The summed E-state index contributed by atoms with van der Waals surface area (Å²) in [5, 5.41) is 1.53. The summed E-state index contributed by atoms with van der Waals surface area (Å²) in [5.41, 5.74) is 2.01. The van der Waals surface area contributed by atoms with Crippen LogP contribution in [0.4, 0.5) is 0 Å². The zero-order valence-electron chi connectivity index (χ0n) is 12.4. The van der Waals surface area contributed by atoms with Gasteiger partial charge in [0, 0.05) is 5.75 Å². The molecule has 0 saturated heterocycles. The topological polar surface area (TPSA) is 27.1 Å². The summed E-state index contributed by atoms with van der Waals surface area (Å²) in [6, 6.07) is 15.5. The van der Waals surface area contributed by atoms with Crippen LogP contribution in [-0.4, -0.2) is 21.9 Å². The molecule has 0 aliphatic carbocycles. The first kappa shape index (κ1) is 15.8. The van der Waals surface area contributed by atoms with Crippen LogP contribution in [-0.2, 0) is 6.54 Å². The van der Waals surface area contributed by atoms with Gasteiger partial charge in [-0.25, -0.2) is 4.98 Å². The van der Waals surface area contributed by atoms with Gasteiger partial charge in [-0.2, -0.15) is 0 Å². The first-order valence-electron chi connectivity index (χ1n) is 7.18. The molecule has 1 heterocycles. The van der Waals surface area contributed by atoms with Crippen molar-refractivity contribution in [2.45, 2.75) is 11.7 Å². The van der Waals surface area contributed by atoms with Gasteiger partial charge in [0.05, 0.1) is 29.2 Å². The van der Waals surface area contributed by atoms with Crippen molar-refractivity contribution in [2.75, 3.05) is 12.4 Å². The van der Waals surface area contributed by atoms with Crippen LogP contribution >= 0.6 is 23.4 Å². The number of terminal acetylenes is 1. The van der Waals surface area contributed by atoms with Crippen molar-refractivity contribution in [3.05, 3.63) is 53.6 Å². The van der Waals surface area contributed by atoms with Crippen molar-refractivity contribution < 1.29 is 4.74 Å². The Kier molecular flexibility index (Phi) is 5.12. The third kappa shape index (κ3) is 3.64. The maximum atomic E-state index is 6.07. The number of nitrogens with zero attached hydrogens (tertiary/aromatic N) is 2. The Hall–Kier alpha value is -2.09. The lowest BCUT2D eigenvalue weighted by atomic mass is 10.3. The zero-order chi connectivity index (χ0) is 16.1. The molecule has 3 rings (SSSR count). The van der Waals surface area contributed by atoms with E-state index >= 15 is 0 Å². The van der Waals surface area contributed by atoms with Gasteiger partial charge in [-0.05, 0) is 24.3 Å². The molecule has 116 valence electrons. The van der Waals surface area contributed by atoms with Crippen LogP contribution in [0, 0.1) is 12.3 Å². The third-order valence-electron chi connectivity index (χ3n) is 3.28. The first-order chi connectivity index (χ1) is 11.3. The minimum atomic E-state index is 0.508. The Morgan fingerprint density at radius 2 is 1.96 bits per heavy atom. The molecule has 3 aromatic rings. The molecular weight excluding hydrogens is 328 g/mol. The maximum absolute atomic E-state index is 6.07. The molecule has 2 aromatic carbocycles. The van der Waals surface area contributed by atoms with Crippen molar-refractivity contribution >= 4 is 34.4 Å². The lowest BCUT2D eigenvalue weighted by Crippen LogP contribution is -2.03. The van der Waals surface area contributed by atoms with E-state index in [1.165, 1.54) is 0 Å². The van der Waals surface area contributed by atoms with Gasteiger partial charge >= 0.3 is 0 Å². The molecule has 0 bridgehead atoms. The Morgan fingerprint density at radius 3 is 2.78 bits per heavy atom. The summed E-state index contributed by atoms with van der Waals surface area (Å²) >= 11 is 7.70. The number of benzene rings is 2. The second-order valence-electron chi connectivity index (χ2n) is 4.80. The highest BCUT2D eigenvalue weighted by Crippen LogP contribution is 2.26. The highest BCUT2D eigenvalue weighted by Gasteiger charge is 2.10. The van der Waals surface area contributed by atoms with Crippen LogP contribution in [0.15, 0.2) is 53.7 Å². The average molecular weight is 343 g/mol. The predicted molar refractivity (Wildman–Crippen MR) is 96.2 cm³/mol. The third-order valence-corrected chi connectivity index (χ3v) is 4.53. The number of fused-ring (bicyclic) bond motifs is 1. The van der Waals surface area contributed by atoms with E-state index in [4.69, 9.17) is 22.8 Å². The minimum absolute atomic E-state index is 0.508. The van der Waals surface area contributed by atoms with E-state index in [2.05, 4.69) is 15.5 Å². The number of halogens is 1. The Balaban J connectivity index is 1.66. The fourth-order valence-electron chi connectivity index (χ4n) is 2.25. The molecule has 3 nitrogen and oxygen atoms in total. The molecule has 0 radical (unpaired) electrons. The molecule has 0 aliphatic rings.